The summed E-state index contributed by atoms with van der Waals surface area (Å²) in [5.41, 5.74) is 1.69. The van der Waals surface area contributed by atoms with Gasteiger partial charge in [-0.25, -0.2) is 9.36 Å². The lowest BCUT2D eigenvalue weighted by Crippen LogP contribution is -2.34. The number of nitrogens with one attached hydrogen (secondary N) is 3. The zero-order valence-corrected chi connectivity index (χ0v) is 42.0. The molecule has 2 rings (SSSR count). The number of alkyl carbamates (subject to hydrolysis) is 1. The maximum Gasteiger partial charge on any atom is 0.472 e. The molecule has 0 spiro atoms. The average Bonchev–Trinajstić information content (AvgIpc) is 3.27. The van der Waals surface area contributed by atoms with E-state index in [1.807, 2.05) is 43.3 Å². The Balaban J connectivity index is 1.43. The lowest BCUT2D eigenvalue weighted by atomic mass is 10.2. The topological polar surface area (TPSA) is 253 Å². The molecule has 0 saturated heterocycles. The number of carbonyl (C=O) groups is 4. The van der Waals surface area contributed by atoms with Crippen molar-refractivity contribution in [3.05, 3.63) is 54.1 Å². The van der Waals surface area contributed by atoms with Crippen LogP contribution >= 0.6 is 7.82 Å². The van der Waals surface area contributed by atoms with Gasteiger partial charge >= 0.3 is 19.9 Å². The molecule has 2 atom stereocenters. The van der Waals surface area contributed by atoms with Crippen molar-refractivity contribution in [2.75, 3.05) is 111 Å². The number of rotatable bonds is 35. The van der Waals surface area contributed by atoms with Crippen molar-refractivity contribution in [3.63, 3.8) is 0 Å². The molecular weight excluding hydrogens is 908 g/mol. The number of anilines is 1. The fourth-order valence-electron chi connectivity index (χ4n) is 5.48. The molecule has 0 saturated carbocycles. The third-order valence-electron chi connectivity index (χ3n) is 8.68. The van der Waals surface area contributed by atoms with Crippen LogP contribution in [0.5, 0.6) is 0 Å². The maximum atomic E-state index is 12.5. The van der Waals surface area contributed by atoms with E-state index in [-0.39, 0.29) is 57.6 Å². The molecule has 0 fully saturated rings. The molecule has 0 aliphatic carbocycles. The minimum absolute atomic E-state index is 0.0484. The van der Waals surface area contributed by atoms with Crippen LogP contribution in [0, 0.1) is 0 Å². The summed E-state index contributed by atoms with van der Waals surface area (Å²) in [6.07, 6.45) is 0.739. The number of hydrogen-bond acceptors (Lipinski definition) is 17. The number of phosphoric acid groups is 1. The predicted molar refractivity (Wildman–Crippen MR) is 255 cm³/mol. The summed E-state index contributed by atoms with van der Waals surface area (Å²) in [6, 6.07) is 14.6. The number of esters is 1. The number of nitrogens with zero attached hydrogens (tertiary/aromatic N) is 3. The number of amides is 3. The second kappa shape index (κ2) is 33.0. The first-order chi connectivity index (χ1) is 32.2. The molecule has 2 aromatic carbocycles. The predicted octanol–water partition coefficient (Wildman–Crippen LogP) is 6.42. The van der Waals surface area contributed by atoms with E-state index in [4.69, 9.17) is 42.2 Å². The van der Waals surface area contributed by atoms with Gasteiger partial charge in [-0.1, -0.05) is 6.42 Å². The van der Waals surface area contributed by atoms with Crippen LogP contribution in [0.4, 0.5) is 21.9 Å². The van der Waals surface area contributed by atoms with Crippen LogP contribution in [0.1, 0.15) is 84.0 Å². The number of unbranched alkanes of at least 4 members (excludes halogenated alkanes) is 2. The first kappa shape index (κ1) is 59.6. The van der Waals surface area contributed by atoms with E-state index in [2.05, 4.69) is 26.2 Å². The molecular formula is C46H75N6O15P. The SMILES string of the molecule is CN(C)c1ccc(/N=N/c2ccc(C(=O)NCCOCCOCCOCCOCCC(=O)NCCOP(=O)(O)OCC(COC(=O)CCCCCNC(=O)OC(C)(C)C)OC(C)(C)C)cc2)cc1. The highest BCUT2D eigenvalue weighted by Gasteiger charge is 2.27. The summed E-state index contributed by atoms with van der Waals surface area (Å²) in [4.78, 5) is 60.8. The van der Waals surface area contributed by atoms with Gasteiger partial charge in [0.1, 0.15) is 18.3 Å². The molecule has 2 aromatic rings. The lowest BCUT2D eigenvalue weighted by molar-refractivity contribution is -0.155. The van der Waals surface area contributed by atoms with Crippen molar-refractivity contribution in [3.8, 4) is 0 Å². The lowest BCUT2D eigenvalue weighted by Gasteiger charge is -2.27. The Morgan fingerprint density at radius 1 is 0.632 bits per heavy atom. The van der Waals surface area contributed by atoms with E-state index in [9.17, 15) is 28.6 Å². The summed E-state index contributed by atoms with van der Waals surface area (Å²) in [5.74, 6) is -1.02. The van der Waals surface area contributed by atoms with E-state index >= 15 is 0 Å². The van der Waals surface area contributed by atoms with Crippen molar-refractivity contribution in [2.45, 2.75) is 91.0 Å². The van der Waals surface area contributed by atoms with Crippen LogP contribution < -0.4 is 20.9 Å². The zero-order valence-electron chi connectivity index (χ0n) is 41.1. The number of phosphoric ester groups is 1. The van der Waals surface area contributed by atoms with Gasteiger partial charge in [-0.15, -0.1) is 0 Å². The fraction of sp³-hybridized carbons (Fsp3) is 0.652. The van der Waals surface area contributed by atoms with Gasteiger partial charge in [-0.3, -0.25) is 23.4 Å². The number of hydrogen-bond donors (Lipinski definition) is 4. The van der Waals surface area contributed by atoms with Crippen LogP contribution in [0.2, 0.25) is 0 Å². The number of carbonyl (C=O) groups excluding carboxylic acids is 4. The highest BCUT2D eigenvalue weighted by molar-refractivity contribution is 7.47. The van der Waals surface area contributed by atoms with Gasteiger partial charge in [0, 0.05) is 57.8 Å². The molecule has 22 heteroatoms. The summed E-state index contributed by atoms with van der Waals surface area (Å²) >= 11 is 0. The maximum absolute atomic E-state index is 12.5. The Morgan fingerprint density at radius 2 is 1.19 bits per heavy atom. The third-order valence-corrected chi connectivity index (χ3v) is 9.66. The quantitative estimate of drug-likeness (QED) is 0.0252. The van der Waals surface area contributed by atoms with Crippen molar-refractivity contribution in [1.29, 1.82) is 0 Å². The monoisotopic (exact) mass is 983 g/mol. The van der Waals surface area contributed by atoms with E-state index < -0.39 is 43.8 Å². The van der Waals surface area contributed by atoms with Crippen LogP contribution in [0.3, 0.4) is 0 Å². The number of azo groups is 1. The second-order valence-corrected chi connectivity index (χ2v) is 18.8. The number of benzene rings is 2. The normalized spacial score (nSPS) is 13.1. The highest BCUT2D eigenvalue weighted by Crippen LogP contribution is 2.43. The van der Waals surface area contributed by atoms with E-state index in [0.717, 1.165) is 11.4 Å². The first-order valence-corrected chi connectivity index (χ1v) is 24.3. The number of ether oxygens (including phenoxy) is 7. The summed E-state index contributed by atoms with van der Waals surface area (Å²) < 4.78 is 60.8. The minimum Gasteiger partial charge on any atom is -0.463 e. The molecule has 384 valence electrons. The Kier molecular flexibility index (Phi) is 28.9. The van der Waals surface area contributed by atoms with E-state index in [0.29, 0.717) is 83.2 Å². The smallest absolute Gasteiger partial charge is 0.463 e. The largest absolute Gasteiger partial charge is 0.472 e. The third kappa shape index (κ3) is 31.5. The van der Waals surface area contributed by atoms with Gasteiger partial charge in [-0.2, -0.15) is 10.2 Å². The van der Waals surface area contributed by atoms with Gasteiger partial charge in [0.25, 0.3) is 5.91 Å². The Hall–Kier alpha value is -4.57. The molecule has 4 N–H and O–H groups in total. The Bertz CT molecular complexity index is 1820. The Labute approximate surface area is 401 Å². The summed E-state index contributed by atoms with van der Waals surface area (Å²) in [5, 5.41) is 16.5. The Morgan fingerprint density at radius 3 is 1.76 bits per heavy atom. The van der Waals surface area contributed by atoms with Crippen molar-refractivity contribution in [1.82, 2.24) is 16.0 Å². The van der Waals surface area contributed by atoms with Crippen molar-refractivity contribution < 1.29 is 70.8 Å². The molecule has 0 aromatic heterocycles. The molecule has 3 amide bonds. The van der Waals surface area contributed by atoms with Crippen LogP contribution in [0.25, 0.3) is 0 Å². The van der Waals surface area contributed by atoms with E-state index in [1.54, 1.807) is 65.8 Å². The van der Waals surface area contributed by atoms with Crippen molar-refractivity contribution in [2.24, 2.45) is 10.2 Å². The average molecular weight is 983 g/mol. The minimum atomic E-state index is -4.52. The van der Waals surface area contributed by atoms with E-state index in [1.165, 1.54) is 0 Å². The molecule has 68 heavy (non-hydrogen) atoms. The fourth-order valence-corrected chi connectivity index (χ4v) is 6.23. The standard InChI is InChI=1S/C46H75N6O15P/c1-45(2,3)66-40(34-63-42(54)12-10-9-11-22-49-44(56)67-46(4,5)6)35-65-68(57,58)64-27-24-47-41(53)21-25-59-28-30-61-32-33-62-31-29-60-26-23-48-43(55)36-13-15-37(16-14-36)50-51-38-17-19-39(20-18-38)52(7)8/h13-20,40H,9-12,21-35H2,1-8H3,(H,47,53)(H,48,55)(H,49,56)(H,57,58)/b51-50+. The van der Waals surface area contributed by atoms with Gasteiger partial charge in [0.2, 0.25) is 5.91 Å². The molecule has 0 radical (unpaired) electrons. The highest BCUT2D eigenvalue weighted by atomic mass is 31.2. The molecule has 0 aliphatic heterocycles. The van der Waals surface area contributed by atoms with Crippen LogP contribution in [0.15, 0.2) is 58.8 Å². The molecule has 0 heterocycles. The molecule has 0 aliphatic rings. The van der Waals surface area contributed by atoms with Gasteiger partial charge in [0.15, 0.2) is 0 Å². The first-order valence-electron chi connectivity index (χ1n) is 22.8. The summed E-state index contributed by atoms with van der Waals surface area (Å²) in [7, 11) is -0.582. The van der Waals surface area contributed by atoms with Gasteiger partial charge < -0.3 is 58.9 Å². The molecule has 21 nitrogen and oxygen atoms in total. The second-order valence-electron chi connectivity index (χ2n) is 17.3. The van der Waals surface area contributed by atoms with Gasteiger partial charge in [-0.05, 0) is 103 Å². The van der Waals surface area contributed by atoms with Gasteiger partial charge in [0.05, 0.1) is 83.0 Å². The van der Waals surface area contributed by atoms with Crippen molar-refractivity contribution >= 4 is 48.8 Å². The van der Waals surface area contributed by atoms with Crippen LogP contribution in [-0.2, 0) is 56.4 Å². The van der Waals surface area contributed by atoms with Crippen LogP contribution in [-0.4, -0.2) is 152 Å². The zero-order chi connectivity index (χ0) is 50.3. The molecule has 0 bridgehead atoms. The summed E-state index contributed by atoms with van der Waals surface area (Å²) in [6.45, 7) is 13.0. The molecule has 2 unspecified atom stereocenters.